The summed E-state index contributed by atoms with van der Waals surface area (Å²) >= 11 is 0. The molecule has 1 saturated heterocycles. The smallest absolute Gasteiger partial charge is 0.451 e. The lowest BCUT2D eigenvalue weighted by molar-refractivity contribution is -0.145. The molecule has 0 bridgehead atoms. The lowest BCUT2D eigenvalue weighted by atomic mass is 9.78. The Morgan fingerprint density at radius 1 is 1.17 bits per heavy atom. The first kappa shape index (κ1) is 23.1. The van der Waals surface area contributed by atoms with E-state index in [1.807, 2.05) is 0 Å². The number of rotatable bonds is 8. The number of halogens is 3. The first-order valence-corrected chi connectivity index (χ1v) is 10.7. The van der Waals surface area contributed by atoms with Crippen molar-refractivity contribution in [3.63, 3.8) is 0 Å². The van der Waals surface area contributed by atoms with Crippen LogP contribution >= 0.6 is 0 Å². The fraction of sp³-hybridized carbons (Fsp3) is 0.667. The van der Waals surface area contributed by atoms with Gasteiger partial charge in [-0.25, -0.2) is 0 Å². The SMILES string of the molecule is O=C(O)C(CCCCB(O)O)C1CCN(C2CCc3ccc(C(F)(F)F)cc32)CC1. The van der Waals surface area contributed by atoms with Gasteiger partial charge in [0.15, 0.2) is 0 Å². The van der Waals surface area contributed by atoms with Crippen molar-refractivity contribution in [3.8, 4) is 0 Å². The van der Waals surface area contributed by atoms with E-state index in [-0.39, 0.29) is 18.3 Å². The molecule has 166 valence electrons. The van der Waals surface area contributed by atoms with Gasteiger partial charge in [-0.3, -0.25) is 9.69 Å². The van der Waals surface area contributed by atoms with Gasteiger partial charge < -0.3 is 15.2 Å². The van der Waals surface area contributed by atoms with Crippen molar-refractivity contribution in [2.45, 2.75) is 63.5 Å². The minimum absolute atomic E-state index is 0.0300. The summed E-state index contributed by atoms with van der Waals surface area (Å²) in [5.74, 6) is -1.24. The number of alkyl halides is 3. The molecule has 1 aromatic rings. The van der Waals surface area contributed by atoms with Gasteiger partial charge >= 0.3 is 19.3 Å². The molecule has 1 fully saturated rings. The molecule has 0 radical (unpaired) electrons. The van der Waals surface area contributed by atoms with Crippen LogP contribution in [0.3, 0.4) is 0 Å². The van der Waals surface area contributed by atoms with Gasteiger partial charge in [0.1, 0.15) is 0 Å². The second-order valence-corrected chi connectivity index (χ2v) is 8.55. The Balaban J connectivity index is 1.59. The average molecular weight is 427 g/mol. The summed E-state index contributed by atoms with van der Waals surface area (Å²) < 4.78 is 39.3. The molecular formula is C21H29BF3NO4. The zero-order valence-corrected chi connectivity index (χ0v) is 16.9. The number of carboxylic acids is 1. The molecule has 9 heteroatoms. The molecule has 2 aliphatic rings. The molecule has 30 heavy (non-hydrogen) atoms. The van der Waals surface area contributed by atoms with Crippen LogP contribution in [0.15, 0.2) is 18.2 Å². The molecule has 0 aromatic heterocycles. The lowest BCUT2D eigenvalue weighted by Gasteiger charge is -2.38. The van der Waals surface area contributed by atoms with Crippen LogP contribution in [0.4, 0.5) is 13.2 Å². The van der Waals surface area contributed by atoms with Crippen LogP contribution < -0.4 is 0 Å². The standard InChI is InChI=1S/C21H29BF3NO4/c23-21(24,25)16-6-4-14-5-7-19(18(14)13-16)26-11-8-15(9-12-26)17(20(27)28)3-1-2-10-22(29)30/h4,6,13,15,17,19,29-30H,1-3,5,7-12H2,(H,27,28). The number of hydrogen-bond acceptors (Lipinski definition) is 4. The van der Waals surface area contributed by atoms with Crippen molar-refractivity contribution < 1.29 is 33.1 Å². The molecule has 5 nitrogen and oxygen atoms in total. The second-order valence-electron chi connectivity index (χ2n) is 8.55. The maximum atomic E-state index is 13.1. The van der Waals surface area contributed by atoms with Gasteiger partial charge in [0.25, 0.3) is 0 Å². The normalized spacial score (nSPS) is 21.4. The molecule has 1 aromatic carbocycles. The predicted octanol–water partition coefficient (Wildman–Crippen LogP) is 3.75. The minimum atomic E-state index is -4.35. The number of hydrogen-bond donors (Lipinski definition) is 3. The molecule has 1 heterocycles. The fourth-order valence-electron chi connectivity index (χ4n) is 5.02. The fourth-order valence-corrected chi connectivity index (χ4v) is 5.02. The monoisotopic (exact) mass is 427 g/mol. The van der Waals surface area contributed by atoms with E-state index < -0.39 is 30.7 Å². The minimum Gasteiger partial charge on any atom is -0.481 e. The maximum Gasteiger partial charge on any atom is 0.451 e. The van der Waals surface area contributed by atoms with Gasteiger partial charge in [-0.15, -0.1) is 0 Å². The third kappa shape index (κ3) is 5.56. The van der Waals surface area contributed by atoms with Crippen molar-refractivity contribution in [2.24, 2.45) is 11.8 Å². The highest BCUT2D eigenvalue weighted by Gasteiger charge is 2.37. The van der Waals surface area contributed by atoms with Crippen LogP contribution in [0.1, 0.15) is 61.3 Å². The first-order valence-electron chi connectivity index (χ1n) is 10.7. The van der Waals surface area contributed by atoms with Crippen LogP contribution in [-0.4, -0.2) is 46.2 Å². The van der Waals surface area contributed by atoms with Gasteiger partial charge in [-0.05, 0) is 80.7 Å². The molecule has 0 spiro atoms. The molecule has 3 rings (SSSR count). The van der Waals surface area contributed by atoms with Crippen LogP contribution in [0.25, 0.3) is 0 Å². The highest BCUT2D eigenvalue weighted by Crippen LogP contribution is 2.41. The number of fused-ring (bicyclic) bond motifs is 1. The number of aryl methyl sites for hydroxylation is 1. The van der Waals surface area contributed by atoms with E-state index in [1.165, 1.54) is 6.07 Å². The van der Waals surface area contributed by atoms with Gasteiger partial charge in [-0.2, -0.15) is 13.2 Å². The Hall–Kier alpha value is -1.58. The Bertz CT molecular complexity index is 735. The van der Waals surface area contributed by atoms with Crippen LogP contribution in [0, 0.1) is 11.8 Å². The summed E-state index contributed by atoms with van der Waals surface area (Å²) in [4.78, 5) is 14.0. The summed E-state index contributed by atoms with van der Waals surface area (Å²) in [5, 5.41) is 27.5. The summed E-state index contributed by atoms with van der Waals surface area (Å²) in [6.45, 7) is 1.37. The predicted molar refractivity (Wildman–Crippen MR) is 107 cm³/mol. The number of benzene rings is 1. The Labute approximate surface area is 175 Å². The number of piperidine rings is 1. The Kier molecular flexibility index (Phi) is 7.47. The second kappa shape index (κ2) is 9.70. The van der Waals surface area contributed by atoms with Crippen LogP contribution in [-0.2, 0) is 17.4 Å². The molecule has 2 unspecified atom stereocenters. The van der Waals surface area contributed by atoms with Crippen molar-refractivity contribution in [1.29, 1.82) is 0 Å². The van der Waals surface area contributed by atoms with Gasteiger partial charge in [-0.1, -0.05) is 18.9 Å². The van der Waals surface area contributed by atoms with E-state index in [9.17, 15) is 23.1 Å². The number of carbonyl (C=O) groups is 1. The zero-order valence-electron chi connectivity index (χ0n) is 16.9. The highest BCUT2D eigenvalue weighted by molar-refractivity contribution is 6.40. The van der Waals surface area contributed by atoms with Crippen LogP contribution in [0.5, 0.6) is 0 Å². The van der Waals surface area contributed by atoms with Crippen molar-refractivity contribution in [3.05, 3.63) is 34.9 Å². The Morgan fingerprint density at radius 2 is 1.87 bits per heavy atom. The largest absolute Gasteiger partial charge is 0.481 e. The summed E-state index contributed by atoms with van der Waals surface area (Å²) in [7, 11) is -1.36. The maximum absolute atomic E-state index is 13.1. The molecule has 0 amide bonds. The zero-order chi connectivity index (χ0) is 21.9. The molecule has 1 aliphatic heterocycles. The number of likely N-dealkylation sites (tertiary alicyclic amines) is 1. The van der Waals surface area contributed by atoms with Gasteiger partial charge in [0, 0.05) is 6.04 Å². The van der Waals surface area contributed by atoms with Crippen molar-refractivity contribution in [1.82, 2.24) is 4.90 Å². The van der Waals surface area contributed by atoms with E-state index in [0.29, 0.717) is 45.2 Å². The quantitative estimate of drug-likeness (QED) is 0.435. The Morgan fingerprint density at radius 3 is 2.47 bits per heavy atom. The molecular weight excluding hydrogens is 398 g/mol. The topological polar surface area (TPSA) is 81.0 Å². The van der Waals surface area contributed by atoms with E-state index >= 15 is 0 Å². The average Bonchev–Trinajstić information content (AvgIpc) is 3.10. The summed E-state index contributed by atoms with van der Waals surface area (Å²) in [6.07, 6.45) is 0.593. The van der Waals surface area contributed by atoms with Crippen LogP contribution in [0.2, 0.25) is 6.32 Å². The molecule has 1 aliphatic carbocycles. The number of nitrogens with zero attached hydrogens (tertiary/aromatic N) is 1. The van der Waals surface area contributed by atoms with E-state index in [4.69, 9.17) is 10.0 Å². The third-order valence-electron chi connectivity index (χ3n) is 6.65. The number of aliphatic carboxylic acids is 1. The van der Waals surface area contributed by atoms with Crippen molar-refractivity contribution in [2.75, 3.05) is 13.1 Å². The summed E-state index contributed by atoms with van der Waals surface area (Å²) in [5.41, 5.74) is 1.13. The van der Waals surface area contributed by atoms with Crippen molar-refractivity contribution >= 4 is 13.1 Å². The molecule has 0 saturated carbocycles. The summed E-state index contributed by atoms with van der Waals surface area (Å²) in [6, 6.07) is 4.00. The van der Waals surface area contributed by atoms with E-state index in [2.05, 4.69) is 4.90 Å². The molecule has 3 N–H and O–H groups in total. The van der Waals surface area contributed by atoms with E-state index in [0.717, 1.165) is 30.0 Å². The highest BCUT2D eigenvalue weighted by atomic mass is 19.4. The third-order valence-corrected chi connectivity index (χ3v) is 6.65. The van der Waals surface area contributed by atoms with Gasteiger partial charge in [0.2, 0.25) is 0 Å². The number of unbranched alkanes of at least 4 members (excludes halogenated alkanes) is 1. The lowest BCUT2D eigenvalue weighted by Crippen LogP contribution is -2.39. The van der Waals surface area contributed by atoms with E-state index in [1.54, 1.807) is 6.07 Å². The first-order chi connectivity index (χ1) is 14.2. The molecule has 2 atom stereocenters. The van der Waals surface area contributed by atoms with Gasteiger partial charge in [0.05, 0.1) is 11.5 Å². The number of carboxylic acid groups (broad SMARTS) is 1.